The highest BCUT2D eigenvalue weighted by molar-refractivity contribution is 5.00. The maximum absolute atomic E-state index is 5.99. The summed E-state index contributed by atoms with van der Waals surface area (Å²) in [6.07, 6.45) is 3.58. The quantitative estimate of drug-likeness (QED) is 0.573. The molecule has 0 N–H and O–H groups in total. The molecule has 0 bridgehead atoms. The molecule has 3 heterocycles. The molecular formula is C15H22O6. The maximum Gasteiger partial charge on any atom is 0.190 e. The molecule has 0 amide bonds. The summed E-state index contributed by atoms with van der Waals surface area (Å²) in [5.41, 5.74) is 0. The summed E-state index contributed by atoms with van der Waals surface area (Å²) >= 11 is 0. The van der Waals surface area contributed by atoms with Gasteiger partial charge in [0, 0.05) is 0 Å². The van der Waals surface area contributed by atoms with Crippen LogP contribution in [0.1, 0.15) is 27.7 Å². The Morgan fingerprint density at radius 2 is 1.57 bits per heavy atom. The van der Waals surface area contributed by atoms with Gasteiger partial charge in [0.25, 0.3) is 0 Å². The van der Waals surface area contributed by atoms with E-state index in [9.17, 15) is 0 Å². The van der Waals surface area contributed by atoms with Crippen molar-refractivity contribution in [3.05, 3.63) is 0 Å². The highest BCUT2D eigenvalue weighted by atomic mass is 16.9. The molecule has 0 spiro atoms. The molecule has 0 saturated carbocycles. The van der Waals surface area contributed by atoms with Crippen molar-refractivity contribution < 1.29 is 28.4 Å². The molecule has 0 radical (unpaired) electrons. The number of rotatable bonds is 3. The molecule has 6 heteroatoms. The summed E-state index contributed by atoms with van der Waals surface area (Å²) in [6.45, 7) is 8.03. The van der Waals surface area contributed by atoms with E-state index >= 15 is 0 Å². The van der Waals surface area contributed by atoms with Gasteiger partial charge < -0.3 is 28.4 Å². The fourth-order valence-electron chi connectivity index (χ4n) is 3.06. The number of fused-ring (bicyclic) bond motifs is 3. The molecular weight excluding hydrogens is 276 g/mol. The second kappa shape index (κ2) is 5.20. The molecule has 0 unspecified atom stereocenters. The molecule has 3 fully saturated rings. The SMILES string of the molecule is C#CCOC[C@H]1O[C@H]2OC(C)(C)O[C@H]2[C@@H]2OC(C)(C)O[C@@H]21. The number of hydrogen-bond acceptors (Lipinski definition) is 6. The van der Waals surface area contributed by atoms with Crippen LogP contribution >= 0.6 is 0 Å². The smallest absolute Gasteiger partial charge is 0.190 e. The van der Waals surface area contributed by atoms with Gasteiger partial charge in [0.15, 0.2) is 17.9 Å². The van der Waals surface area contributed by atoms with Crippen molar-refractivity contribution in [3.63, 3.8) is 0 Å². The van der Waals surface area contributed by atoms with Gasteiger partial charge in [0.2, 0.25) is 0 Å². The van der Waals surface area contributed by atoms with Gasteiger partial charge >= 0.3 is 0 Å². The van der Waals surface area contributed by atoms with Crippen molar-refractivity contribution in [2.75, 3.05) is 13.2 Å². The molecule has 0 aromatic rings. The van der Waals surface area contributed by atoms with Gasteiger partial charge in [-0.15, -0.1) is 6.42 Å². The molecule has 6 nitrogen and oxygen atoms in total. The van der Waals surface area contributed by atoms with Crippen molar-refractivity contribution >= 4 is 0 Å². The van der Waals surface area contributed by atoms with Crippen LogP contribution in [0.5, 0.6) is 0 Å². The Labute approximate surface area is 125 Å². The van der Waals surface area contributed by atoms with Crippen LogP contribution in [0.4, 0.5) is 0 Å². The zero-order chi connectivity index (χ0) is 15.3. The molecule has 3 aliphatic heterocycles. The molecule has 118 valence electrons. The number of terminal acetylenes is 1. The van der Waals surface area contributed by atoms with E-state index in [1.54, 1.807) is 0 Å². The molecule has 0 aromatic carbocycles. The standard InChI is InChI=1S/C15H22O6/c1-6-7-16-8-9-10-11(19-14(2,3)18-10)12-13(17-9)21-15(4,5)20-12/h1,9-13H,7-8H2,2-5H3/t9-,10-,11-,12+,13+/m1/s1. The molecule has 3 saturated heterocycles. The van der Waals surface area contributed by atoms with Crippen LogP contribution in [0.25, 0.3) is 0 Å². The van der Waals surface area contributed by atoms with Crippen LogP contribution in [0.2, 0.25) is 0 Å². The van der Waals surface area contributed by atoms with Crippen molar-refractivity contribution in [1.82, 2.24) is 0 Å². The lowest BCUT2D eigenvalue weighted by atomic mass is 9.99. The number of hydrogen-bond donors (Lipinski definition) is 0. The molecule has 3 rings (SSSR count). The Bertz CT molecular complexity index is 440. The largest absolute Gasteiger partial charge is 0.366 e. The van der Waals surface area contributed by atoms with Crippen molar-refractivity contribution in [1.29, 1.82) is 0 Å². The van der Waals surface area contributed by atoms with E-state index < -0.39 is 17.9 Å². The summed E-state index contributed by atoms with van der Waals surface area (Å²) in [6, 6.07) is 0. The summed E-state index contributed by atoms with van der Waals surface area (Å²) in [5, 5.41) is 0. The monoisotopic (exact) mass is 298 g/mol. The Morgan fingerprint density at radius 1 is 0.952 bits per heavy atom. The van der Waals surface area contributed by atoms with E-state index in [4.69, 9.17) is 34.8 Å². The van der Waals surface area contributed by atoms with Gasteiger partial charge in [-0.1, -0.05) is 5.92 Å². The first-order chi connectivity index (χ1) is 9.81. The number of ether oxygens (including phenoxy) is 6. The first kappa shape index (κ1) is 15.2. The van der Waals surface area contributed by atoms with E-state index in [0.29, 0.717) is 6.61 Å². The van der Waals surface area contributed by atoms with E-state index in [2.05, 4.69) is 5.92 Å². The van der Waals surface area contributed by atoms with Crippen molar-refractivity contribution in [3.8, 4) is 12.3 Å². The average molecular weight is 298 g/mol. The third-order valence-electron chi connectivity index (χ3n) is 3.72. The fraction of sp³-hybridized carbons (Fsp3) is 0.867. The van der Waals surface area contributed by atoms with Crippen molar-refractivity contribution in [2.24, 2.45) is 0 Å². The van der Waals surface area contributed by atoms with E-state index in [-0.39, 0.29) is 31.0 Å². The average Bonchev–Trinajstić information content (AvgIpc) is 2.84. The van der Waals surface area contributed by atoms with E-state index in [0.717, 1.165) is 0 Å². The van der Waals surface area contributed by atoms with Gasteiger partial charge in [-0.25, -0.2) is 0 Å². The minimum Gasteiger partial charge on any atom is -0.366 e. The van der Waals surface area contributed by atoms with E-state index in [1.807, 2.05) is 27.7 Å². The first-order valence-corrected chi connectivity index (χ1v) is 7.19. The topological polar surface area (TPSA) is 55.4 Å². The first-order valence-electron chi connectivity index (χ1n) is 7.19. The molecule has 21 heavy (non-hydrogen) atoms. The highest BCUT2D eigenvalue weighted by Gasteiger charge is 2.60. The fourth-order valence-corrected chi connectivity index (χ4v) is 3.06. The molecule has 0 aliphatic carbocycles. The van der Waals surface area contributed by atoms with Gasteiger partial charge in [-0.2, -0.15) is 0 Å². The minimum absolute atomic E-state index is 0.235. The molecule has 5 atom stereocenters. The van der Waals surface area contributed by atoms with Crippen LogP contribution in [0.15, 0.2) is 0 Å². The Balaban J connectivity index is 1.77. The van der Waals surface area contributed by atoms with Crippen LogP contribution in [-0.4, -0.2) is 55.5 Å². The van der Waals surface area contributed by atoms with Gasteiger partial charge in [-0.3, -0.25) is 0 Å². The van der Waals surface area contributed by atoms with Crippen LogP contribution in [-0.2, 0) is 28.4 Å². The summed E-state index contributed by atoms with van der Waals surface area (Å²) in [7, 11) is 0. The lowest BCUT2D eigenvalue weighted by Crippen LogP contribution is -2.56. The lowest BCUT2D eigenvalue weighted by Gasteiger charge is -2.37. The zero-order valence-electron chi connectivity index (χ0n) is 12.8. The predicted molar refractivity (Wildman–Crippen MR) is 72.2 cm³/mol. The highest BCUT2D eigenvalue weighted by Crippen LogP contribution is 2.44. The minimum atomic E-state index is -0.704. The maximum atomic E-state index is 5.99. The third kappa shape index (κ3) is 2.95. The van der Waals surface area contributed by atoms with Crippen molar-refractivity contribution in [2.45, 2.75) is 70.0 Å². The summed E-state index contributed by atoms with van der Waals surface area (Å²) in [5.74, 6) is 1.05. The third-order valence-corrected chi connectivity index (χ3v) is 3.72. The predicted octanol–water partition coefficient (Wildman–Crippen LogP) is 1.03. The summed E-state index contributed by atoms with van der Waals surface area (Å²) < 4.78 is 35.0. The Morgan fingerprint density at radius 3 is 2.29 bits per heavy atom. The second-order valence-corrected chi connectivity index (χ2v) is 6.43. The van der Waals surface area contributed by atoms with Crippen LogP contribution in [0, 0.1) is 12.3 Å². The van der Waals surface area contributed by atoms with Gasteiger partial charge in [0.1, 0.15) is 31.0 Å². The van der Waals surface area contributed by atoms with Gasteiger partial charge in [-0.05, 0) is 27.7 Å². The summed E-state index contributed by atoms with van der Waals surface area (Å²) in [4.78, 5) is 0. The van der Waals surface area contributed by atoms with Crippen LogP contribution < -0.4 is 0 Å². The second-order valence-electron chi connectivity index (χ2n) is 6.43. The normalized spacial score (nSPS) is 43.1. The Kier molecular flexibility index (Phi) is 3.77. The van der Waals surface area contributed by atoms with E-state index in [1.165, 1.54) is 0 Å². The van der Waals surface area contributed by atoms with Crippen LogP contribution in [0.3, 0.4) is 0 Å². The van der Waals surface area contributed by atoms with Gasteiger partial charge in [0.05, 0.1) is 6.61 Å². The zero-order valence-corrected chi connectivity index (χ0v) is 12.8. The molecule has 3 aliphatic rings. The Hall–Kier alpha value is -0.680. The lowest BCUT2D eigenvalue weighted by molar-refractivity contribution is -0.242. The molecule has 0 aromatic heterocycles.